The number of carbonyl (C=O) groups excluding carboxylic acids is 3. The maximum Gasteiger partial charge on any atom is 0.255 e. The maximum absolute atomic E-state index is 12.9. The van der Waals surface area contributed by atoms with Gasteiger partial charge < -0.3 is 9.80 Å². The van der Waals surface area contributed by atoms with Crippen LogP contribution in [-0.4, -0.2) is 53.2 Å². The normalized spacial score (nSPS) is 25.0. The molecule has 0 aromatic heterocycles. The molecule has 5 rings (SSSR count). The van der Waals surface area contributed by atoms with Gasteiger partial charge in [-0.15, -0.1) is 0 Å². The van der Waals surface area contributed by atoms with Crippen molar-refractivity contribution in [1.29, 1.82) is 0 Å². The summed E-state index contributed by atoms with van der Waals surface area (Å²) in [6.45, 7) is 3.89. The Morgan fingerprint density at radius 3 is 2.57 bits per heavy atom. The van der Waals surface area contributed by atoms with Gasteiger partial charge in [-0.3, -0.25) is 19.7 Å². The Labute approximate surface area is 177 Å². The Bertz CT molecular complexity index is 948. The van der Waals surface area contributed by atoms with Gasteiger partial charge in [-0.05, 0) is 68.8 Å². The van der Waals surface area contributed by atoms with Crippen molar-refractivity contribution < 1.29 is 14.4 Å². The van der Waals surface area contributed by atoms with Crippen molar-refractivity contribution in [2.24, 2.45) is 11.8 Å². The first-order valence-electron chi connectivity index (χ1n) is 11.1. The second-order valence-electron chi connectivity index (χ2n) is 9.02. The number of nitrogens with zero attached hydrogens (tertiary/aromatic N) is 2. The molecule has 1 aliphatic carbocycles. The summed E-state index contributed by atoms with van der Waals surface area (Å²) in [6.07, 6.45) is 5.65. The van der Waals surface area contributed by atoms with Gasteiger partial charge in [-0.25, -0.2) is 0 Å². The number of amides is 3. The Kier molecular flexibility index (Phi) is 5.08. The predicted molar refractivity (Wildman–Crippen MR) is 111 cm³/mol. The van der Waals surface area contributed by atoms with Crippen molar-refractivity contribution >= 4 is 17.7 Å². The molecule has 3 heterocycles. The van der Waals surface area contributed by atoms with E-state index in [1.54, 1.807) is 4.90 Å². The summed E-state index contributed by atoms with van der Waals surface area (Å²) in [7, 11) is 0. The van der Waals surface area contributed by atoms with Crippen molar-refractivity contribution in [2.45, 2.75) is 51.1 Å². The lowest BCUT2D eigenvalue weighted by molar-refractivity contribution is -0.136. The molecular formula is C24H27N3O3. The van der Waals surface area contributed by atoms with E-state index in [4.69, 9.17) is 0 Å². The third-order valence-corrected chi connectivity index (χ3v) is 6.79. The molecule has 0 radical (unpaired) electrons. The minimum Gasteiger partial charge on any atom is -0.322 e. The molecule has 1 N–H and O–H groups in total. The SMILES string of the molecule is O=C1CCC(N2Cc3c(C#CC4CCN(CC5CC5)CC4)cccc3C2=O)C(=O)N1. The number of piperidine rings is 2. The highest BCUT2D eigenvalue weighted by Crippen LogP contribution is 2.32. The van der Waals surface area contributed by atoms with Crippen LogP contribution < -0.4 is 5.32 Å². The number of hydrogen-bond donors (Lipinski definition) is 1. The van der Waals surface area contributed by atoms with Crippen LogP contribution in [0.3, 0.4) is 0 Å². The monoisotopic (exact) mass is 405 g/mol. The molecule has 1 saturated carbocycles. The quantitative estimate of drug-likeness (QED) is 0.616. The van der Waals surface area contributed by atoms with E-state index < -0.39 is 6.04 Å². The van der Waals surface area contributed by atoms with Gasteiger partial charge in [0.25, 0.3) is 5.91 Å². The molecule has 4 aliphatic rings. The Morgan fingerprint density at radius 1 is 1.03 bits per heavy atom. The van der Waals surface area contributed by atoms with E-state index in [1.165, 1.54) is 19.4 Å². The van der Waals surface area contributed by atoms with E-state index in [-0.39, 0.29) is 24.1 Å². The number of hydrogen-bond acceptors (Lipinski definition) is 4. The smallest absolute Gasteiger partial charge is 0.255 e. The number of fused-ring (bicyclic) bond motifs is 1. The van der Waals surface area contributed by atoms with Gasteiger partial charge in [0.2, 0.25) is 11.8 Å². The van der Waals surface area contributed by atoms with Gasteiger partial charge in [-0.2, -0.15) is 0 Å². The Morgan fingerprint density at radius 2 is 1.83 bits per heavy atom. The summed E-state index contributed by atoms with van der Waals surface area (Å²) in [5.41, 5.74) is 2.42. The van der Waals surface area contributed by atoms with Crippen LogP contribution in [0.2, 0.25) is 0 Å². The molecule has 3 aliphatic heterocycles. The Hall–Kier alpha value is -2.65. The van der Waals surface area contributed by atoms with Crippen LogP contribution in [0.1, 0.15) is 60.0 Å². The van der Waals surface area contributed by atoms with Gasteiger partial charge in [0, 0.05) is 36.6 Å². The molecule has 1 unspecified atom stereocenters. The number of carbonyl (C=O) groups is 3. The minimum absolute atomic E-state index is 0.142. The average Bonchev–Trinajstić information content (AvgIpc) is 3.49. The average molecular weight is 405 g/mol. The first-order valence-corrected chi connectivity index (χ1v) is 11.1. The van der Waals surface area contributed by atoms with E-state index in [9.17, 15) is 14.4 Å². The number of nitrogens with one attached hydrogen (secondary N) is 1. The largest absolute Gasteiger partial charge is 0.322 e. The molecule has 1 aromatic rings. The van der Waals surface area contributed by atoms with E-state index in [1.807, 2.05) is 18.2 Å². The summed E-state index contributed by atoms with van der Waals surface area (Å²) in [5, 5.41) is 2.35. The van der Waals surface area contributed by atoms with Crippen LogP contribution in [0.5, 0.6) is 0 Å². The summed E-state index contributed by atoms with van der Waals surface area (Å²) in [5.74, 6) is 7.34. The summed E-state index contributed by atoms with van der Waals surface area (Å²) < 4.78 is 0. The zero-order chi connectivity index (χ0) is 20.7. The molecule has 3 fully saturated rings. The zero-order valence-electron chi connectivity index (χ0n) is 17.2. The summed E-state index contributed by atoms with van der Waals surface area (Å²) in [6, 6.07) is 5.06. The summed E-state index contributed by atoms with van der Waals surface area (Å²) in [4.78, 5) is 40.8. The molecule has 30 heavy (non-hydrogen) atoms. The third-order valence-electron chi connectivity index (χ3n) is 6.79. The standard InChI is InChI=1S/C24H27N3O3/c28-22-9-8-21(23(29)25-22)27-15-20-18(2-1-3-19(20)24(27)30)7-6-16-10-12-26(13-11-16)14-17-4-5-17/h1-3,16-17,21H,4-5,8-15H2,(H,25,28,29). The van der Waals surface area contributed by atoms with Crippen LogP contribution in [-0.2, 0) is 16.1 Å². The maximum atomic E-state index is 12.9. The zero-order valence-corrected chi connectivity index (χ0v) is 17.2. The minimum atomic E-state index is -0.584. The predicted octanol–water partition coefficient (Wildman–Crippen LogP) is 1.92. The third kappa shape index (κ3) is 3.87. The second-order valence-corrected chi connectivity index (χ2v) is 9.02. The topological polar surface area (TPSA) is 69.7 Å². The van der Waals surface area contributed by atoms with Crippen molar-refractivity contribution in [2.75, 3.05) is 19.6 Å². The second kappa shape index (κ2) is 7.88. The highest BCUT2D eigenvalue weighted by atomic mass is 16.2. The fourth-order valence-electron chi connectivity index (χ4n) is 4.81. The van der Waals surface area contributed by atoms with Crippen LogP contribution in [0, 0.1) is 23.7 Å². The number of benzene rings is 1. The molecule has 1 aromatic carbocycles. The van der Waals surface area contributed by atoms with Gasteiger partial charge in [-0.1, -0.05) is 17.9 Å². The van der Waals surface area contributed by atoms with Gasteiger partial charge >= 0.3 is 0 Å². The lowest BCUT2D eigenvalue weighted by atomic mass is 9.96. The molecule has 1 atom stereocenters. The molecule has 2 saturated heterocycles. The lowest BCUT2D eigenvalue weighted by Gasteiger charge is -2.29. The molecule has 6 nitrogen and oxygen atoms in total. The van der Waals surface area contributed by atoms with Crippen molar-refractivity contribution in [1.82, 2.24) is 15.1 Å². The number of rotatable bonds is 3. The fourth-order valence-corrected chi connectivity index (χ4v) is 4.81. The first kappa shape index (κ1) is 19.3. The molecule has 6 heteroatoms. The molecule has 156 valence electrons. The summed E-state index contributed by atoms with van der Waals surface area (Å²) >= 11 is 0. The molecule has 3 amide bonds. The van der Waals surface area contributed by atoms with Crippen LogP contribution >= 0.6 is 0 Å². The van der Waals surface area contributed by atoms with Crippen molar-refractivity contribution in [3.63, 3.8) is 0 Å². The van der Waals surface area contributed by atoms with Gasteiger partial charge in [0.15, 0.2) is 0 Å². The number of likely N-dealkylation sites (tertiary alicyclic amines) is 1. The van der Waals surface area contributed by atoms with Gasteiger partial charge in [0.05, 0.1) is 0 Å². The Balaban J connectivity index is 1.27. The van der Waals surface area contributed by atoms with Crippen molar-refractivity contribution in [3.8, 4) is 11.8 Å². The fraction of sp³-hybridized carbons (Fsp3) is 0.542. The van der Waals surface area contributed by atoms with Crippen LogP contribution in [0.25, 0.3) is 0 Å². The van der Waals surface area contributed by atoms with Gasteiger partial charge in [0.1, 0.15) is 6.04 Å². The van der Waals surface area contributed by atoms with E-state index in [0.717, 1.165) is 43.0 Å². The first-order chi connectivity index (χ1) is 14.6. The molecular weight excluding hydrogens is 378 g/mol. The lowest BCUT2D eigenvalue weighted by Crippen LogP contribution is -2.52. The van der Waals surface area contributed by atoms with E-state index in [2.05, 4.69) is 22.1 Å². The van der Waals surface area contributed by atoms with Crippen LogP contribution in [0.15, 0.2) is 18.2 Å². The van der Waals surface area contributed by atoms with Crippen molar-refractivity contribution in [3.05, 3.63) is 34.9 Å². The highest BCUT2D eigenvalue weighted by molar-refractivity contribution is 6.05. The number of imide groups is 1. The van der Waals surface area contributed by atoms with Crippen LogP contribution in [0.4, 0.5) is 0 Å². The van der Waals surface area contributed by atoms with E-state index in [0.29, 0.717) is 24.4 Å². The highest BCUT2D eigenvalue weighted by Gasteiger charge is 2.39. The molecule has 0 bridgehead atoms. The molecule has 0 spiro atoms. The van der Waals surface area contributed by atoms with E-state index >= 15 is 0 Å².